The highest BCUT2D eigenvalue weighted by atomic mass is 16.5. The maximum Gasteiger partial charge on any atom is 0.338 e. The average Bonchev–Trinajstić information content (AvgIpc) is 3.56. The molecule has 0 spiro atoms. The molecule has 3 aromatic carbocycles. The molecule has 3 aromatic rings. The number of rotatable bonds is 15. The minimum atomic E-state index is -0.940. The molecule has 0 bridgehead atoms. The fourth-order valence-corrected chi connectivity index (χ4v) is 4.54. The first-order valence-corrected chi connectivity index (χ1v) is 14.6. The van der Waals surface area contributed by atoms with Crippen LogP contribution < -0.4 is 20.1 Å². The average molecular weight is 591 g/mol. The number of amides is 1. The summed E-state index contributed by atoms with van der Waals surface area (Å²) in [6, 6.07) is 22.9. The third-order valence-electron chi connectivity index (χ3n) is 7.21. The third kappa shape index (κ3) is 10.1. The van der Waals surface area contributed by atoms with Gasteiger partial charge >= 0.3 is 5.97 Å². The number of aliphatic hydroxyl groups is 1. The maximum absolute atomic E-state index is 13.1. The van der Waals surface area contributed by atoms with Gasteiger partial charge in [0.25, 0.3) is 0 Å². The van der Waals surface area contributed by atoms with Crippen LogP contribution in [0.5, 0.6) is 11.5 Å². The molecule has 0 aliphatic carbocycles. The van der Waals surface area contributed by atoms with Gasteiger partial charge in [-0.1, -0.05) is 60.7 Å². The summed E-state index contributed by atoms with van der Waals surface area (Å²) in [7, 11) is 0. The molecule has 1 aliphatic rings. The number of nitrogens with one attached hydrogen (secondary N) is 2. The van der Waals surface area contributed by atoms with Crippen LogP contribution in [0.4, 0.5) is 0 Å². The molecule has 43 heavy (non-hydrogen) atoms. The van der Waals surface area contributed by atoms with Crippen LogP contribution in [-0.2, 0) is 27.5 Å². The number of hydrogen-bond acceptors (Lipinski definition) is 8. The monoisotopic (exact) mass is 590 g/mol. The van der Waals surface area contributed by atoms with Crippen molar-refractivity contribution in [3.8, 4) is 11.5 Å². The Morgan fingerprint density at radius 1 is 0.977 bits per heavy atom. The summed E-state index contributed by atoms with van der Waals surface area (Å²) in [5, 5.41) is 16.7. The lowest BCUT2D eigenvalue weighted by molar-refractivity contribution is -0.125. The Kier molecular flexibility index (Phi) is 11.6. The van der Waals surface area contributed by atoms with Crippen LogP contribution in [0.15, 0.2) is 72.8 Å². The highest BCUT2D eigenvalue weighted by Crippen LogP contribution is 2.33. The fourth-order valence-electron chi connectivity index (χ4n) is 4.54. The van der Waals surface area contributed by atoms with E-state index in [-0.39, 0.29) is 25.0 Å². The van der Waals surface area contributed by atoms with Gasteiger partial charge < -0.3 is 34.7 Å². The smallest absolute Gasteiger partial charge is 0.338 e. The van der Waals surface area contributed by atoms with Crippen LogP contribution in [0.2, 0.25) is 0 Å². The van der Waals surface area contributed by atoms with Gasteiger partial charge in [-0.05, 0) is 56.0 Å². The second-order valence-electron chi connectivity index (χ2n) is 11.5. The zero-order chi connectivity index (χ0) is 30.7. The minimum absolute atomic E-state index is 0.0270. The second-order valence-corrected chi connectivity index (χ2v) is 11.5. The molecule has 9 nitrogen and oxygen atoms in total. The van der Waals surface area contributed by atoms with Crippen LogP contribution in [0, 0.1) is 12.8 Å². The molecule has 1 aliphatic heterocycles. The Bertz CT molecular complexity index is 1330. The number of hydrogen-bond donors (Lipinski definition) is 3. The van der Waals surface area contributed by atoms with E-state index in [2.05, 4.69) is 10.6 Å². The molecule has 2 unspecified atom stereocenters. The first-order valence-electron chi connectivity index (χ1n) is 14.6. The lowest BCUT2D eigenvalue weighted by Gasteiger charge is -2.28. The Hall–Kier alpha value is -3.92. The molecule has 1 saturated heterocycles. The minimum Gasteiger partial charge on any atom is -0.485 e. The van der Waals surface area contributed by atoms with Gasteiger partial charge in [-0.15, -0.1) is 0 Å². The van der Waals surface area contributed by atoms with Crippen LogP contribution in [-0.4, -0.2) is 61.5 Å². The highest BCUT2D eigenvalue weighted by molar-refractivity contribution is 5.92. The zero-order valence-corrected chi connectivity index (χ0v) is 25.1. The number of aryl methyl sites for hydroxylation is 1. The van der Waals surface area contributed by atoms with E-state index < -0.39 is 17.6 Å². The summed E-state index contributed by atoms with van der Waals surface area (Å²) >= 11 is 0. The summed E-state index contributed by atoms with van der Waals surface area (Å²) in [4.78, 5) is 25.4. The van der Waals surface area contributed by atoms with Crippen molar-refractivity contribution in [1.82, 2.24) is 10.6 Å². The predicted octanol–water partition coefficient (Wildman–Crippen LogP) is 4.19. The summed E-state index contributed by atoms with van der Waals surface area (Å²) in [5.41, 5.74) is 2.50. The van der Waals surface area contributed by atoms with Crippen LogP contribution >= 0.6 is 0 Å². The molecule has 2 atom stereocenters. The molecule has 1 heterocycles. The van der Waals surface area contributed by atoms with E-state index in [0.717, 1.165) is 17.5 Å². The van der Waals surface area contributed by atoms with Crippen LogP contribution in [0.3, 0.4) is 0 Å². The number of aliphatic hydroxyl groups excluding tert-OH is 1. The van der Waals surface area contributed by atoms with E-state index in [4.69, 9.17) is 18.9 Å². The van der Waals surface area contributed by atoms with Crippen molar-refractivity contribution in [1.29, 1.82) is 0 Å². The molecule has 3 N–H and O–H groups in total. The number of β-amino-alcohol motifs (C(OH)–C–C–N with tert-alkyl or cyclic N) is 1. The topological polar surface area (TPSA) is 115 Å². The van der Waals surface area contributed by atoms with Crippen molar-refractivity contribution in [2.45, 2.75) is 52.0 Å². The number of ether oxygens (including phenoxy) is 4. The van der Waals surface area contributed by atoms with Gasteiger partial charge in [0.05, 0.1) is 18.1 Å². The molecule has 1 fully saturated rings. The van der Waals surface area contributed by atoms with Crippen molar-refractivity contribution in [2.75, 3.05) is 32.9 Å². The largest absolute Gasteiger partial charge is 0.485 e. The number of benzene rings is 3. The Morgan fingerprint density at radius 3 is 2.16 bits per heavy atom. The summed E-state index contributed by atoms with van der Waals surface area (Å²) in [5.74, 6) is 0.236. The SMILES string of the molecule is Cc1cc(OCc2ccccc2)c(OCc2ccccc2)cc1C(=O)OCC(O)CNC(C)(C)CNC(=O)C1CCOC1. The number of esters is 1. The first kappa shape index (κ1) is 32.0. The zero-order valence-electron chi connectivity index (χ0n) is 25.1. The molecule has 4 rings (SSSR count). The summed E-state index contributed by atoms with van der Waals surface area (Å²) in [6.45, 7) is 7.75. The highest BCUT2D eigenvalue weighted by Gasteiger charge is 2.26. The van der Waals surface area contributed by atoms with Gasteiger partial charge in [-0.3, -0.25) is 4.79 Å². The van der Waals surface area contributed by atoms with Gasteiger partial charge in [0.15, 0.2) is 11.5 Å². The van der Waals surface area contributed by atoms with Gasteiger partial charge in [0, 0.05) is 25.2 Å². The van der Waals surface area contributed by atoms with E-state index in [1.807, 2.05) is 74.5 Å². The van der Waals surface area contributed by atoms with Gasteiger partial charge in [-0.2, -0.15) is 0 Å². The van der Waals surface area contributed by atoms with E-state index >= 15 is 0 Å². The molecular formula is C34H42N2O7. The number of carbonyl (C=O) groups is 2. The van der Waals surface area contributed by atoms with Crippen molar-refractivity contribution in [3.63, 3.8) is 0 Å². The molecular weight excluding hydrogens is 548 g/mol. The predicted molar refractivity (Wildman–Crippen MR) is 163 cm³/mol. The van der Waals surface area contributed by atoms with Crippen LogP contribution in [0.1, 0.15) is 47.3 Å². The number of carbonyl (C=O) groups excluding carboxylic acids is 2. The maximum atomic E-state index is 13.1. The molecule has 230 valence electrons. The molecule has 0 saturated carbocycles. The van der Waals surface area contributed by atoms with Crippen molar-refractivity contribution in [2.24, 2.45) is 5.92 Å². The normalized spacial score (nSPS) is 15.5. The van der Waals surface area contributed by atoms with E-state index in [1.54, 1.807) is 19.1 Å². The standard InChI is InChI=1S/C34H42N2O7/c1-24-16-30(41-19-25-10-6-4-7-11-25)31(42-20-26-12-8-5-9-13-26)17-29(24)33(39)43-22-28(37)18-36-34(2,3)23-35-32(38)27-14-15-40-21-27/h4-13,16-17,27-28,36-37H,14-15,18-23H2,1-3H3,(H,35,38). The van der Waals surface area contributed by atoms with Gasteiger partial charge in [-0.25, -0.2) is 4.79 Å². The van der Waals surface area contributed by atoms with Crippen molar-refractivity contribution in [3.05, 3.63) is 95.1 Å². The second kappa shape index (κ2) is 15.5. The quantitative estimate of drug-likeness (QED) is 0.226. The molecule has 0 aromatic heterocycles. The van der Waals surface area contributed by atoms with E-state index in [0.29, 0.717) is 55.6 Å². The lowest BCUT2D eigenvalue weighted by atomic mass is 10.0. The Morgan fingerprint density at radius 2 is 1.58 bits per heavy atom. The molecule has 9 heteroatoms. The molecule has 1 amide bonds. The Balaban J connectivity index is 1.33. The van der Waals surface area contributed by atoms with Gasteiger partial charge in [0.1, 0.15) is 25.9 Å². The van der Waals surface area contributed by atoms with Crippen molar-refractivity contribution >= 4 is 11.9 Å². The lowest BCUT2D eigenvalue weighted by Crippen LogP contribution is -2.52. The summed E-state index contributed by atoms with van der Waals surface area (Å²) < 4.78 is 23.0. The molecule has 0 radical (unpaired) electrons. The van der Waals surface area contributed by atoms with Crippen LogP contribution in [0.25, 0.3) is 0 Å². The van der Waals surface area contributed by atoms with E-state index in [1.165, 1.54) is 0 Å². The summed E-state index contributed by atoms with van der Waals surface area (Å²) in [6.07, 6.45) is -0.211. The Labute approximate surface area is 253 Å². The fraction of sp³-hybridized carbons (Fsp3) is 0.412. The first-order chi connectivity index (χ1) is 20.7. The van der Waals surface area contributed by atoms with Gasteiger partial charge in [0.2, 0.25) is 5.91 Å². The van der Waals surface area contributed by atoms with Crippen molar-refractivity contribution < 1.29 is 33.6 Å². The van der Waals surface area contributed by atoms with E-state index in [9.17, 15) is 14.7 Å². The third-order valence-corrected chi connectivity index (χ3v) is 7.21.